The summed E-state index contributed by atoms with van der Waals surface area (Å²) in [6.07, 6.45) is -5.08. The lowest BCUT2D eigenvalue weighted by Crippen LogP contribution is -2.28. The lowest BCUT2D eigenvalue weighted by molar-refractivity contribution is -0.127. The first kappa shape index (κ1) is 28.6. The summed E-state index contributed by atoms with van der Waals surface area (Å²) >= 11 is 0. The van der Waals surface area contributed by atoms with Crippen LogP contribution in [0.2, 0.25) is 0 Å². The minimum absolute atomic E-state index is 0.00695. The maximum atomic E-state index is 14.6. The summed E-state index contributed by atoms with van der Waals surface area (Å²) in [5, 5.41) is 13.8. The molecule has 1 heterocycles. The number of nitrogens with one attached hydrogen (secondary N) is 1. The van der Waals surface area contributed by atoms with Gasteiger partial charge in [-0.05, 0) is 48.4 Å². The van der Waals surface area contributed by atoms with Gasteiger partial charge in [0.25, 0.3) is 0 Å². The molecule has 2 aromatic carbocycles. The average Bonchev–Trinajstić information content (AvgIpc) is 3.23. The molecule has 0 saturated carbocycles. The highest BCUT2D eigenvalue weighted by atomic mass is 19.4. The van der Waals surface area contributed by atoms with E-state index in [4.69, 9.17) is 5.11 Å². The van der Waals surface area contributed by atoms with Crippen molar-refractivity contribution in [2.24, 2.45) is 5.92 Å². The van der Waals surface area contributed by atoms with Crippen LogP contribution >= 0.6 is 0 Å². The standard InChI is InChI=1S/C24H22F5N3O2.CH4O/c1-2-16(13-30-14-33)23(34)11-19-10-22(32(31-19)21-6-4-3-5-20(21)26)17-7-15(8-18(25)9-17)12-24(27,28)29;1-2/h3-10,14,16H,2,11-13H2,1H3,(H,30,33);2H,1H3. The van der Waals surface area contributed by atoms with Gasteiger partial charge in [0, 0.05) is 25.1 Å². The lowest BCUT2D eigenvalue weighted by Gasteiger charge is -2.12. The topological polar surface area (TPSA) is 84.2 Å². The smallest absolute Gasteiger partial charge is 0.393 e. The second kappa shape index (κ2) is 12.9. The van der Waals surface area contributed by atoms with Gasteiger partial charge in [-0.15, -0.1) is 0 Å². The van der Waals surface area contributed by atoms with Crippen LogP contribution in [0.5, 0.6) is 0 Å². The van der Waals surface area contributed by atoms with E-state index < -0.39 is 30.1 Å². The molecule has 1 amide bonds. The fourth-order valence-electron chi connectivity index (χ4n) is 3.66. The first-order valence-electron chi connectivity index (χ1n) is 11.0. The highest BCUT2D eigenvalue weighted by Crippen LogP contribution is 2.30. The Morgan fingerprint density at radius 1 is 1.14 bits per heavy atom. The van der Waals surface area contributed by atoms with Crippen molar-refractivity contribution in [1.29, 1.82) is 0 Å². The minimum atomic E-state index is -4.54. The van der Waals surface area contributed by atoms with E-state index in [1.54, 1.807) is 13.0 Å². The number of benzene rings is 2. The van der Waals surface area contributed by atoms with Gasteiger partial charge >= 0.3 is 6.18 Å². The molecule has 1 unspecified atom stereocenters. The fraction of sp³-hybridized carbons (Fsp3) is 0.320. The SMILES string of the molecule is CCC(CNC=O)C(=O)Cc1cc(-c2cc(F)cc(CC(F)(F)F)c2)n(-c2ccccc2F)n1.CO. The molecule has 194 valence electrons. The normalized spacial score (nSPS) is 11.9. The number of aliphatic hydroxyl groups excluding tert-OH is 1. The lowest BCUT2D eigenvalue weighted by atomic mass is 9.97. The zero-order valence-corrected chi connectivity index (χ0v) is 19.6. The maximum Gasteiger partial charge on any atom is 0.393 e. The number of aliphatic hydroxyl groups is 1. The molecule has 0 spiro atoms. The quantitative estimate of drug-likeness (QED) is 0.312. The van der Waals surface area contributed by atoms with Gasteiger partial charge in [0.1, 0.15) is 23.1 Å². The van der Waals surface area contributed by atoms with E-state index in [1.165, 1.54) is 30.3 Å². The Labute approximate surface area is 204 Å². The van der Waals surface area contributed by atoms with Gasteiger partial charge in [0.2, 0.25) is 6.41 Å². The number of hydrogen-bond acceptors (Lipinski definition) is 4. The number of carbonyl (C=O) groups is 2. The van der Waals surface area contributed by atoms with Gasteiger partial charge in [-0.2, -0.15) is 18.3 Å². The number of amides is 1. The second-order valence-corrected chi connectivity index (χ2v) is 7.80. The summed E-state index contributed by atoms with van der Waals surface area (Å²) in [5.41, 5.74) is 0.118. The average molecular weight is 511 g/mol. The highest BCUT2D eigenvalue weighted by Gasteiger charge is 2.28. The summed E-state index contributed by atoms with van der Waals surface area (Å²) in [5.74, 6) is -2.24. The molecule has 0 fully saturated rings. The number of carbonyl (C=O) groups excluding carboxylic acids is 2. The van der Waals surface area contributed by atoms with E-state index in [1.807, 2.05) is 0 Å². The van der Waals surface area contributed by atoms with E-state index >= 15 is 0 Å². The number of aromatic nitrogens is 2. The van der Waals surface area contributed by atoms with Crippen molar-refractivity contribution >= 4 is 12.2 Å². The molecule has 0 saturated heterocycles. The Hall–Kier alpha value is -3.60. The third-order valence-electron chi connectivity index (χ3n) is 5.25. The molecule has 0 aliphatic carbocycles. The van der Waals surface area contributed by atoms with Gasteiger partial charge in [0.15, 0.2) is 0 Å². The molecule has 6 nitrogen and oxygen atoms in total. The van der Waals surface area contributed by atoms with Gasteiger partial charge in [-0.1, -0.05) is 19.1 Å². The van der Waals surface area contributed by atoms with Gasteiger partial charge in [0.05, 0.1) is 24.2 Å². The number of rotatable bonds is 10. The number of Topliss-reactive ketones (excluding diaryl/α,β-unsaturated/α-hetero) is 1. The van der Waals surface area contributed by atoms with Crippen LogP contribution in [-0.2, 0) is 22.4 Å². The Balaban J connectivity index is 0.00000222. The van der Waals surface area contributed by atoms with Gasteiger partial charge < -0.3 is 10.4 Å². The Kier molecular flexibility index (Phi) is 10.3. The predicted octanol–water partition coefficient (Wildman–Crippen LogP) is 4.41. The Morgan fingerprint density at radius 2 is 1.83 bits per heavy atom. The van der Waals surface area contributed by atoms with Crippen molar-refractivity contribution in [3.05, 3.63) is 71.4 Å². The molecular weight excluding hydrogens is 485 g/mol. The summed E-state index contributed by atoms with van der Waals surface area (Å²) in [6.45, 7) is 1.93. The van der Waals surface area contributed by atoms with E-state index in [2.05, 4.69) is 10.4 Å². The Bertz CT molecular complexity index is 1180. The van der Waals surface area contributed by atoms with Crippen LogP contribution in [0.3, 0.4) is 0 Å². The second-order valence-electron chi connectivity index (χ2n) is 7.80. The van der Waals surface area contributed by atoms with Crippen LogP contribution < -0.4 is 5.32 Å². The maximum absolute atomic E-state index is 14.6. The number of para-hydroxylation sites is 1. The number of halogens is 5. The first-order chi connectivity index (χ1) is 17.1. The van der Waals surface area contributed by atoms with Crippen molar-refractivity contribution in [1.82, 2.24) is 15.1 Å². The van der Waals surface area contributed by atoms with Crippen molar-refractivity contribution in [2.75, 3.05) is 13.7 Å². The summed E-state index contributed by atoms with van der Waals surface area (Å²) in [6, 6.07) is 10.0. The molecule has 3 rings (SSSR count). The van der Waals surface area contributed by atoms with Crippen LogP contribution in [0.15, 0.2) is 48.5 Å². The van der Waals surface area contributed by atoms with Crippen molar-refractivity contribution in [3.63, 3.8) is 0 Å². The number of nitrogens with zero attached hydrogens (tertiary/aromatic N) is 2. The monoisotopic (exact) mass is 511 g/mol. The molecule has 1 atom stereocenters. The van der Waals surface area contributed by atoms with Crippen LogP contribution in [-0.4, -0.2) is 46.9 Å². The first-order valence-corrected chi connectivity index (χ1v) is 11.0. The van der Waals surface area contributed by atoms with E-state index in [0.29, 0.717) is 12.8 Å². The predicted molar refractivity (Wildman–Crippen MR) is 123 cm³/mol. The molecule has 3 aromatic rings. The fourth-order valence-corrected chi connectivity index (χ4v) is 3.66. The van der Waals surface area contributed by atoms with Crippen molar-refractivity contribution in [2.45, 2.75) is 32.4 Å². The molecule has 0 radical (unpaired) electrons. The number of ketones is 1. The summed E-state index contributed by atoms with van der Waals surface area (Å²) in [7, 11) is 1.00. The van der Waals surface area contributed by atoms with Crippen LogP contribution in [0.4, 0.5) is 22.0 Å². The van der Waals surface area contributed by atoms with Gasteiger partial charge in [-0.3, -0.25) is 9.59 Å². The largest absolute Gasteiger partial charge is 0.400 e. The summed E-state index contributed by atoms with van der Waals surface area (Å²) < 4.78 is 68.6. The summed E-state index contributed by atoms with van der Waals surface area (Å²) in [4.78, 5) is 23.3. The zero-order chi connectivity index (χ0) is 26.9. The van der Waals surface area contributed by atoms with Crippen molar-refractivity contribution in [3.8, 4) is 16.9 Å². The minimum Gasteiger partial charge on any atom is -0.400 e. The van der Waals surface area contributed by atoms with E-state index in [0.717, 1.165) is 23.9 Å². The van der Waals surface area contributed by atoms with E-state index in [-0.39, 0.29) is 47.0 Å². The molecule has 0 aliphatic rings. The molecule has 1 aromatic heterocycles. The number of hydrogen-bond donors (Lipinski definition) is 2. The van der Waals surface area contributed by atoms with Crippen molar-refractivity contribution < 1.29 is 36.6 Å². The third-order valence-corrected chi connectivity index (χ3v) is 5.25. The molecule has 0 bridgehead atoms. The third kappa shape index (κ3) is 7.70. The molecule has 0 aliphatic heterocycles. The number of alkyl halides is 3. The molecular formula is C25H26F5N3O3. The molecule has 2 N–H and O–H groups in total. The Morgan fingerprint density at radius 3 is 2.44 bits per heavy atom. The van der Waals surface area contributed by atoms with Crippen LogP contribution in [0.25, 0.3) is 16.9 Å². The molecule has 36 heavy (non-hydrogen) atoms. The van der Waals surface area contributed by atoms with E-state index in [9.17, 15) is 31.5 Å². The molecule has 11 heteroatoms. The van der Waals surface area contributed by atoms with Gasteiger partial charge in [-0.25, -0.2) is 13.5 Å². The van der Waals surface area contributed by atoms with Crippen LogP contribution in [0.1, 0.15) is 24.6 Å². The highest BCUT2D eigenvalue weighted by molar-refractivity contribution is 5.83. The zero-order valence-electron chi connectivity index (χ0n) is 19.6. The van der Waals surface area contributed by atoms with Crippen LogP contribution in [0, 0.1) is 17.6 Å².